The van der Waals surface area contributed by atoms with E-state index in [1.807, 2.05) is 30.3 Å². The summed E-state index contributed by atoms with van der Waals surface area (Å²) in [6.07, 6.45) is 6.25. The fourth-order valence-electron chi connectivity index (χ4n) is 4.04. The molecule has 0 radical (unpaired) electrons. The van der Waals surface area contributed by atoms with E-state index >= 15 is 0 Å². The molecule has 2 atom stereocenters. The van der Waals surface area contributed by atoms with Crippen molar-refractivity contribution < 1.29 is 9.59 Å². The Labute approximate surface area is 150 Å². The summed E-state index contributed by atoms with van der Waals surface area (Å²) in [5, 5.41) is 2.93. The number of urea groups is 1. The Kier molecular flexibility index (Phi) is 5.95. The van der Waals surface area contributed by atoms with E-state index < -0.39 is 0 Å². The molecule has 1 aromatic rings. The number of rotatable bonds is 3. The van der Waals surface area contributed by atoms with E-state index in [9.17, 15) is 9.59 Å². The van der Waals surface area contributed by atoms with Crippen LogP contribution in [0.5, 0.6) is 0 Å². The van der Waals surface area contributed by atoms with Gasteiger partial charge in [-0.15, -0.1) is 0 Å². The summed E-state index contributed by atoms with van der Waals surface area (Å²) in [4.78, 5) is 29.4. The minimum absolute atomic E-state index is 0.0533. The average Bonchev–Trinajstić information content (AvgIpc) is 2.68. The summed E-state index contributed by atoms with van der Waals surface area (Å²) in [5.41, 5.74) is 0.794. The molecule has 1 N–H and O–H groups in total. The summed E-state index contributed by atoms with van der Waals surface area (Å²) >= 11 is 0. The number of amides is 3. The Morgan fingerprint density at radius 2 is 1.88 bits per heavy atom. The Bertz CT molecular complexity index is 590. The Morgan fingerprint density at radius 1 is 1.08 bits per heavy atom. The molecule has 0 saturated carbocycles. The molecule has 136 valence electrons. The molecule has 2 aliphatic rings. The number of nitrogens with one attached hydrogen (secondary N) is 1. The maximum absolute atomic E-state index is 13.0. The number of carbonyl (C=O) groups excluding carboxylic acids is 2. The van der Waals surface area contributed by atoms with E-state index in [-0.39, 0.29) is 17.9 Å². The predicted molar refractivity (Wildman–Crippen MR) is 99.4 cm³/mol. The first-order valence-corrected chi connectivity index (χ1v) is 9.60. The molecule has 3 rings (SSSR count). The predicted octanol–water partition coefficient (Wildman–Crippen LogP) is 3.72. The maximum Gasteiger partial charge on any atom is 0.321 e. The molecule has 3 amide bonds. The molecule has 2 aliphatic heterocycles. The Morgan fingerprint density at radius 3 is 2.64 bits per heavy atom. The lowest BCUT2D eigenvalue weighted by atomic mass is 9.93. The molecular formula is C20H29N3O2. The Balaban J connectivity index is 1.60. The van der Waals surface area contributed by atoms with Gasteiger partial charge in [-0.1, -0.05) is 25.1 Å². The largest absolute Gasteiger partial charge is 0.339 e. The van der Waals surface area contributed by atoms with Gasteiger partial charge in [0.1, 0.15) is 0 Å². The summed E-state index contributed by atoms with van der Waals surface area (Å²) in [7, 11) is 0. The number of piperidine rings is 2. The van der Waals surface area contributed by atoms with Crippen LogP contribution >= 0.6 is 0 Å². The molecule has 25 heavy (non-hydrogen) atoms. The number of benzene rings is 1. The minimum atomic E-state index is -0.102. The highest BCUT2D eigenvalue weighted by Crippen LogP contribution is 2.25. The van der Waals surface area contributed by atoms with Gasteiger partial charge in [0, 0.05) is 31.4 Å². The number of hydrogen-bond acceptors (Lipinski definition) is 2. The van der Waals surface area contributed by atoms with Crippen LogP contribution in [0.1, 0.15) is 45.4 Å². The number of carbonyl (C=O) groups is 2. The van der Waals surface area contributed by atoms with E-state index in [0.717, 1.165) is 50.9 Å². The Hall–Kier alpha value is -2.04. The summed E-state index contributed by atoms with van der Waals surface area (Å²) < 4.78 is 0. The number of nitrogens with zero attached hydrogens (tertiary/aromatic N) is 2. The van der Waals surface area contributed by atoms with E-state index in [4.69, 9.17) is 0 Å². The highest BCUT2D eigenvalue weighted by molar-refractivity contribution is 5.90. The summed E-state index contributed by atoms with van der Waals surface area (Å²) in [6.45, 7) is 4.30. The fraction of sp³-hybridized carbons (Fsp3) is 0.600. The summed E-state index contributed by atoms with van der Waals surface area (Å²) in [5.74, 6) is 0.200. The van der Waals surface area contributed by atoms with E-state index in [2.05, 4.69) is 17.1 Å². The van der Waals surface area contributed by atoms with Crippen molar-refractivity contribution in [2.24, 2.45) is 5.92 Å². The van der Waals surface area contributed by atoms with Crippen LogP contribution in [0.3, 0.4) is 0 Å². The zero-order chi connectivity index (χ0) is 17.6. The van der Waals surface area contributed by atoms with Gasteiger partial charge in [0.05, 0.1) is 5.92 Å². The summed E-state index contributed by atoms with van der Waals surface area (Å²) in [6, 6.07) is 9.77. The van der Waals surface area contributed by atoms with Crippen LogP contribution < -0.4 is 5.32 Å². The first-order chi connectivity index (χ1) is 12.2. The standard InChI is InChI=1S/C20H29N3O2/c1-2-18-12-6-7-14-23(18)19(24)16-9-8-13-22(15-16)20(25)21-17-10-4-3-5-11-17/h3-5,10-11,16,18H,2,6-9,12-15H2,1H3,(H,21,25). The van der Waals surface area contributed by atoms with Crippen LogP contribution in [0.2, 0.25) is 0 Å². The van der Waals surface area contributed by atoms with Crippen LogP contribution in [-0.2, 0) is 4.79 Å². The maximum atomic E-state index is 13.0. The SMILES string of the molecule is CCC1CCCCN1C(=O)C1CCCN(C(=O)Nc2ccccc2)C1. The second-order valence-electron chi connectivity index (χ2n) is 7.17. The zero-order valence-corrected chi connectivity index (χ0v) is 15.1. The number of para-hydroxylation sites is 1. The normalized spacial score (nSPS) is 24.0. The number of hydrogen-bond donors (Lipinski definition) is 1. The van der Waals surface area contributed by atoms with Crippen LogP contribution in [0, 0.1) is 5.92 Å². The van der Waals surface area contributed by atoms with Crippen LogP contribution in [-0.4, -0.2) is 47.4 Å². The van der Waals surface area contributed by atoms with E-state index in [1.165, 1.54) is 6.42 Å². The first-order valence-electron chi connectivity index (χ1n) is 9.60. The van der Waals surface area contributed by atoms with Gasteiger partial charge in [-0.3, -0.25) is 4.79 Å². The molecule has 5 heteroatoms. The number of likely N-dealkylation sites (tertiary alicyclic amines) is 2. The lowest BCUT2D eigenvalue weighted by Crippen LogP contribution is -2.51. The molecule has 2 heterocycles. The van der Waals surface area contributed by atoms with Gasteiger partial charge in [0.2, 0.25) is 5.91 Å². The van der Waals surface area contributed by atoms with Gasteiger partial charge in [-0.05, 0) is 50.7 Å². The monoisotopic (exact) mass is 343 g/mol. The van der Waals surface area contributed by atoms with Gasteiger partial charge < -0.3 is 15.1 Å². The molecule has 0 bridgehead atoms. The molecule has 0 aliphatic carbocycles. The van der Waals surface area contributed by atoms with Crippen LogP contribution in [0.4, 0.5) is 10.5 Å². The third kappa shape index (κ3) is 4.33. The van der Waals surface area contributed by atoms with Crippen molar-refractivity contribution >= 4 is 17.6 Å². The second-order valence-corrected chi connectivity index (χ2v) is 7.17. The molecule has 1 aromatic carbocycles. The van der Waals surface area contributed by atoms with Gasteiger partial charge in [-0.2, -0.15) is 0 Å². The molecule has 0 aromatic heterocycles. The third-order valence-corrected chi connectivity index (χ3v) is 5.46. The van der Waals surface area contributed by atoms with Crippen LogP contribution in [0.15, 0.2) is 30.3 Å². The second kappa shape index (κ2) is 8.37. The van der Waals surface area contributed by atoms with Gasteiger partial charge in [-0.25, -0.2) is 4.79 Å². The van der Waals surface area contributed by atoms with Crippen molar-refractivity contribution in [3.8, 4) is 0 Å². The van der Waals surface area contributed by atoms with E-state index in [1.54, 1.807) is 4.90 Å². The lowest BCUT2D eigenvalue weighted by molar-refractivity contribution is -0.140. The van der Waals surface area contributed by atoms with Gasteiger partial charge in [0.15, 0.2) is 0 Å². The third-order valence-electron chi connectivity index (χ3n) is 5.46. The van der Waals surface area contributed by atoms with Crippen molar-refractivity contribution in [1.82, 2.24) is 9.80 Å². The quantitative estimate of drug-likeness (QED) is 0.909. The molecule has 5 nitrogen and oxygen atoms in total. The lowest BCUT2D eigenvalue weighted by Gasteiger charge is -2.40. The van der Waals surface area contributed by atoms with Crippen molar-refractivity contribution in [3.63, 3.8) is 0 Å². The minimum Gasteiger partial charge on any atom is -0.339 e. The molecular weight excluding hydrogens is 314 g/mol. The van der Waals surface area contributed by atoms with Crippen LogP contribution in [0.25, 0.3) is 0 Å². The van der Waals surface area contributed by atoms with Crippen molar-refractivity contribution in [2.75, 3.05) is 25.0 Å². The average molecular weight is 343 g/mol. The molecule has 2 fully saturated rings. The zero-order valence-electron chi connectivity index (χ0n) is 15.1. The van der Waals surface area contributed by atoms with Gasteiger partial charge in [0.25, 0.3) is 0 Å². The highest BCUT2D eigenvalue weighted by Gasteiger charge is 2.34. The van der Waals surface area contributed by atoms with Gasteiger partial charge >= 0.3 is 6.03 Å². The molecule has 2 unspecified atom stereocenters. The molecule has 2 saturated heterocycles. The smallest absolute Gasteiger partial charge is 0.321 e. The first kappa shape index (κ1) is 17.8. The topological polar surface area (TPSA) is 52.7 Å². The van der Waals surface area contributed by atoms with E-state index in [0.29, 0.717) is 12.6 Å². The molecule has 0 spiro atoms. The van der Waals surface area contributed by atoms with Crippen molar-refractivity contribution in [3.05, 3.63) is 30.3 Å². The van der Waals surface area contributed by atoms with Crippen molar-refractivity contribution in [1.29, 1.82) is 0 Å². The number of anilines is 1. The fourth-order valence-corrected chi connectivity index (χ4v) is 4.04. The highest BCUT2D eigenvalue weighted by atomic mass is 16.2. The van der Waals surface area contributed by atoms with Crippen molar-refractivity contribution in [2.45, 2.75) is 51.5 Å².